The molecule has 20 heavy (non-hydrogen) atoms. The van der Waals surface area contributed by atoms with Crippen molar-refractivity contribution in [3.8, 4) is 0 Å². The molecule has 0 bridgehead atoms. The summed E-state index contributed by atoms with van der Waals surface area (Å²) in [6, 6.07) is 0. The van der Waals surface area contributed by atoms with E-state index in [2.05, 4.69) is 24.6 Å². The maximum absolute atomic E-state index is 5.53. The number of rotatable bonds is 5. The molecule has 3 heterocycles. The van der Waals surface area contributed by atoms with Gasteiger partial charge < -0.3 is 9.26 Å². The highest BCUT2D eigenvalue weighted by molar-refractivity contribution is 7.05. The normalized spacial score (nSPS) is 19.1. The molecule has 8 heteroatoms. The molecule has 0 radical (unpaired) electrons. The van der Waals surface area contributed by atoms with Crippen molar-refractivity contribution in [2.24, 2.45) is 0 Å². The zero-order valence-electron chi connectivity index (χ0n) is 11.6. The molecule has 0 amide bonds. The van der Waals surface area contributed by atoms with E-state index in [4.69, 9.17) is 9.26 Å². The summed E-state index contributed by atoms with van der Waals surface area (Å²) in [7, 11) is 2.02. The minimum Gasteiger partial charge on any atom is -0.368 e. The van der Waals surface area contributed by atoms with Gasteiger partial charge in [-0.15, -0.1) is 5.10 Å². The maximum Gasteiger partial charge on any atom is 0.255 e. The number of nitrogens with zero attached hydrogens (tertiary/aromatic N) is 5. The third kappa shape index (κ3) is 3.02. The first-order chi connectivity index (χ1) is 9.72. The molecule has 2 aromatic heterocycles. The highest BCUT2D eigenvalue weighted by Gasteiger charge is 2.24. The number of hydrogen-bond donors (Lipinski definition) is 0. The van der Waals surface area contributed by atoms with E-state index in [0.29, 0.717) is 18.3 Å². The predicted octanol–water partition coefficient (Wildman–Crippen LogP) is 1.71. The van der Waals surface area contributed by atoms with Crippen molar-refractivity contribution in [2.75, 3.05) is 13.7 Å². The van der Waals surface area contributed by atoms with Gasteiger partial charge in [0.05, 0.1) is 17.1 Å². The molecule has 7 nitrogen and oxygen atoms in total. The Hall–Kier alpha value is -1.38. The molecular formula is C12H17N5O2S. The van der Waals surface area contributed by atoms with E-state index in [1.807, 2.05) is 14.0 Å². The average molecular weight is 295 g/mol. The molecule has 0 aromatic carbocycles. The second kappa shape index (κ2) is 5.94. The van der Waals surface area contributed by atoms with E-state index in [0.717, 1.165) is 36.6 Å². The van der Waals surface area contributed by atoms with E-state index in [9.17, 15) is 0 Å². The Morgan fingerprint density at radius 1 is 1.40 bits per heavy atom. The third-order valence-corrected chi connectivity index (χ3v) is 4.07. The van der Waals surface area contributed by atoms with Crippen LogP contribution in [0.4, 0.5) is 0 Å². The summed E-state index contributed by atoms with van der Waals surface area (Å²) in [5.41, 5.74) is 0.981. The Bertz CT molecular complexity index is 564. The van der Waals surface area contributed by atoms with Crippen LogP contribution >= 0.6 is 11.5 Å². The number of aryl methyl sites for hydroxylation is 1. The molecule has 3 rings (SSSR count). The average Bonchev–Trinajstić information content (AvgIpc) is 3.12. The molecule has 2 aromatic rings. The molecule has 108 valence electrons. The zero-order valence-corrected chi connectivity index (χ0v) is 12.4. The van der Waals surface area contributed by atoms with Crippen LogP contribution in [0.5, 0.6) is 0 Å². The van der Waals surface area contributed by atoms with Crippen LogP contribution in [0.1, 0.15) is 41.2 Å². The molecule has 0 aliphatic carbocycles. The van der Waals surface area contributed by atoms with Gasteiger partial charge in [0.1, 0.15) is 6.10 Å². The molecule has 1 atom stereocenters. The van der Waals surface area contributed by atoms with Crippen molar-refractivity contribution in [1.29, 1.82) is 0 Å². The summed E-state index contributed by atoms with van der Waals surface area (Å²) in [4.78, 5) is 7.69. The minimum absolute atomic E-state index is 0.0190. The van der Waals surface area contributed by atoms with E-state index >= 15 is 0 Å². The summed E-state index contributed by atoms with van der Waals surface area (Å²) >= 11 is 1.43. The fourth-order valence-electron chi connectivity index (χ4n) is 2.17. The largest absolute Gasteiger partial charge is 0.368 e. The lowest BCUT2D eigenvalue weighted by molar-refractivity contribution is 0.0835. The van der Waals surface area contributed by atoms with Gasteiger partial charge >= 0.3 is 0 Å². The number of aromatic nitrogens is 4. The van der Waals surface area contributed by atoms with Crippen LogP contribution in [0.25, 0.3) is 0 Å². The highest BCUT2D eigenvalue weighted by atomic mass is 32.1. The second-order valence-electron chi connectivity index (χ2n) is 5.00. The first kappa shape index (κ1) is 13.6. The Morgan fingerprint density at radius 2 is 2.30 bits per heavy atom. The molecule has 1 fully saturated rings. The van der Waals surface area contributed by atoms with Crippen LogP contribution in [-0.4, -0.2) is 38.3 Å². The van der Waals surface area contributed by atoms with Gasteiger partial charge in [0.25, 0.3) is 5.89 Å². The topological polar surface area (TPSA) is 77.2 Å². The molecule has 1 saturated heterocycles. The van der Waals surface area contributed by atoms with Crippen molar-refractivity contribution < 1.29 is 9.26 Å². The molecule has 1 aliphatic rings. The lowest BCUT2D eigenvalue weighted by atomic mass is 10.2. The Kier molecular flexibility index (Phi) is 4.04. The summed E-state index contributed by atoms with van der Waals surface area (Å²) < 4.78 is 14.7. The fourth-order valence-corrected chi connectivity index (χ4v) is 2.89. The van der Waals surface area contributed by atoms with Gasteiger partial charge in [0.15, 0.2) is 5.82 Å². The van der Waals surface area contributed by atoms with Crippen LogP contribution in [0.2, 0.25) is 0 Å². The van der Waals surface area contributed by atoms with Crippen LogP contribution in [-0.2, 0) is 17.8 Å². The molecule has 0 spiro atoms. The minimum atomic E-state index is -0.0190. The first-order valence-electron chi connectivity index (χ1n) is 6.63. The van der Waals surface area contributed by atoms with Crippen LogP contribution in [0.3, 0.4) is 0 Å². The summed E-state index contributed by atoms with van der Waals surface area (Å²) in [5.74, 6) is 1.29. The van der Waals surface area contributed by atoms with E-state index < -0.39 is 0 Å². The predicted molar refractivity (Wildman–Crippen MR) is 72.0 cm³/mol. The first-order valence-corrected chi connectivity index (χ1v) is 7.40. The standard InChI is InChI=1S/C12H17N5O2S/c1-8-10(20-16-14-8)6-17(2)7-11-13-12(19-15-11)9-4-3-5-18-9/h9H,3-7H2,1-2H3/t9-/m0/s1. The van der Waals surface area contributed by atoms with Crippen molar-refractivity contribution in [3.63, 3.8) is 0 Å². The van der Waals surface area contributed by atoms with Crippen molar-refractivity contribution in [2.45, 2.75) is 39.0 Å². The van der Waals surface area contributed by atoms with E-state index in [-0.39, 0.29) is 6.10 Å². The third-order valence-electron chi connectivity index (χ3n) is 3.26. The van der Waals surface area contributed by atoms with Crippen LogP contribution in [0.15, 0.2) is 4.52 Å². The van der Waals surface area contributed by atoms with Crippen molar-refractivity contribution >= 4 is 11.5 Å². The zero-order chi connectivity index (χ0) is 13.9. The van der Waals surface area contributed by atoms with Gasteiger partial charge in [-0.1, -0.05) is 9.64 Å². The van der Waals surface area contributed by atoms with Crippen molar-refractivity contribution in [3.05, 3.63) is 22.3 Å². The van der Waals surface area contributed by atoms with Crippen LogP contribution in [0, 0.1) is 6.92 Å². The quantitative estimate of drug-likeness (QED) is 0.831. The highest BCUT2D eigenvalue weighted by Crippen LogP contribution is 2.27. The van der Waals surface area contributed by atoms with Crippen molar-refractivity contribution in [1.82, 2.24) is 24.6 Å². The van der Waals surface area contributed by atoms with Gasteiger partial charge in [-0.25, -0.2) is 0 Å². The molecule has 1 aliphatic heterocycles. The van der Waals surface area contributed by atoms with E-state index in [1.165, 1.54) is 11.5 Å². The summed E-state index contributed by atoms with van der Waals surface area (Å²) in [6.07, 6.45) is 2.00. The van der Waals surface area contributed by atoms with Gasteiger partial charge in [-0.05, 0) is 38.3 Å². The number of hydrogen-bond acceptors (Lipinski definition) is 8. The maximum atomic E-state index is 5.53. The van der Waals surface area contributed by atoms with Gasteiger partial charge in [0.2, 0.25) is 0 Å². The Morgan fingerprint density at radius 3 is 3.00 bits per heavy atom. The fraction of sp³-hybridized carbons (Fsp3) is 0.667. The molecule has 0 unspecified atom stereocenters. The summed E-state index contributed by atoms with van der Waals surface area (Å²) in [6.45, 7) is 4.16. The summed E-state index contributed by atoms with van der Waals surface area (Å²) in [5, 5.41) is 8.03. The second-order valence-corrected chi connectivity index (χ2v) is 5.84. The van der Waals surface area contributed by atoms with Gasteiger partial charge in [-0.2, -0.15) is 4.98 Å². The van der Waals surface area contributed by atoms with E-state index in [1.54, 1.807) is 0 Å². The van der Waals surface area contributed by atoms with Gasteiger partial charge in [-0.3, -0.25) is 4.90 Å². The molecule has 0 N–H and O–H groups in total. The smallest absolute Gasteiger partial charge is 0.255 e. The monoisotopic (exact) mass is 295 g/mol. The SMILES string of the molecule is Cc1nnsc1CN(C)Cc1noc([C@@H]2CCCO2)n1. The lowest BCUT2D eigenvalue weighted by Crippen LogP contribution is -2.18. The molecular weight excluding hydrogens is 278 g/mol. The lowest BCUT2D eigenvalue weighted by Gasteiger charge is -2.12. The number of ether oxygens (including phenoxy) is 1. The van der Waals surface area contributed by atoms with Gasteiger partial charge in [0, 0.05) is 13.2 Å². The Labute approximate surface area is 121 Å². The Balaban J connectivity index is 1.58. The van der Waals surface area contributed by atoms with Crippen LogP contribution < -0.4 is 0 Å². The molecule has 0 saturated carbocycles.